The van der Waals surface area contributed by atoms with Crippen LogP contribution in [0.3, 0.4) is 0 Å². The average molecular weight is 260 g/mol. The monoisotopic (exact) mass is 260 g/mol. The first-order valence-electron chi connectivity index (χ1n) is 6.74. The van der Waals surface area contributed by atoms with E-state index < -0.39 is 0 Å². The number of hydrogen-bond acceptors (Lipinski definition) is 2. The van der Waals surface area contributed by atoms with Crippen LogP contribution in [0, 0.1) is 0 Å². The summed E-state index contributed by atoms with van der Waals surface area (Å²) in [6.45, 7) is 6.31. The summed E-state index contributed by atoms with van der Waals surface area (Å²) < 4.78 is 0. The molecule has 1 heterocycles. The smallest absolute Gasteiger partial charge is 0.251 e. The Hall–Kier alpha value is -1.84. The number of rotatable bonds is 3. The van der Waals surface area contributed by atoms with E-state index in [4.69, 9.17) is 0 Å². The summed E-state index contributed by atoms with van der Waals surface area (Å²) >= 11 is 0. The van der Waals surface area contributed by atoms with Crippen LogP contribution in [0.5, 0.6) is 0 Å². The molecule has 0 spiro atoms. The van der Waals surface area contributed by atoms with Gasteiger partial charge in [-0.1, -0.05) is 6.92 Å². The van der Waals surface area contributed by atoms with Gasteiger partial charge in [0.1, 0.15) is 0 Å². The van der Waals surface area contributed by atoms with E-state index in [0.29, 0.717) is 12.1 Å². The third kappa shape index (κ3) is 2.78. The molecule has 4 heteroatoms. The third-order valence-corrected chi connectivity index (χ3v) is 3.61. The van der Waals surface area contributed by atoms with Crippen LogP contribution in [0.1, 0.15) is 43.1 Å². The highest BCUT2D eigenvalue weighted by Crippen LogP contribution is 2.28. The second-order valence-electron chi connectivity index (χ2n) is 5.05. The van der Waals surface area contributed by atoms with Gasteiger partial charge in [0.25, 0.3) is 5.91 Å². The number of anilines is 1. The van der Waals surface area contributed by atoms with Gasteiger partial charge < -0.3 is 10.2 Å². The largest absolute Gasteiger partial charge is 0.350 e. The highest BCUT2D eigenvalue weighted by atomic mass is 16.2. The van der Waals surface area contributed by atoms with Crippen molar-refractivity contribution in [2.45, 2.75) is 39.7 Å². The molecular formula is C15H20N2O2. The summed E-state index contributed by atoms with van der Waals surface area (Å²) in [7, 11) is 0. The zero-order valence-corrected chi connectivity index (χ0v) is 11.7. The molecule has 4 nitrogen and oxygen atoms in total. The molecule has 1 aromatic rings. The maximum absolute atomic E-state index is 12.0. The molecule has 1 aromatic carbocycles. The Morgan fingerprint density at radius 3 is 2.79 bits per heavy atom. The Kier molecular flexibility index (Phi) is 3.88. The van der Waals surface area contributed by atoms with Gasteiger partial charge in [-0.15, -0.1) is 0 Å². The van der Waals surface area contributed by atoms with Gasteiger partial charge in [0.15, 0.2) is 0 Å². The van der Waals surface area contributed by atoms with Crippen LogP contribution in [0.4, 0.5) is 5.69 Å². The molecule has 0 unspecified atom stereocenters. The molecule has 0 bridgehead atoms. The van der Waals surface area contributed by atoms with Crippen molar-refractivity contribution in [2.24, 2.45) is 0 Å². The first-order chi connectivity index (χ1) is 9.02. The van der Waals surface area contributed by atoms with Crippen LogP contribution in [-0.4, -0.2) is 24.4 Å². The quantitative estimate of drug-likeness (QED) is 0.905. The second kappa shape index (κ2) is 5.43. The van der Waals surface area contributed by atoms with Gasteiger partial charge in [-0.25, -0.2) is 0 Å². The molecule has 0 aromatic heterocycles. The molecule has 0 radical (unpaired) electrons. The number of nitrogens with zero attached hydrogens (tertiary/aromatic N) is 1. The fraction of sp³-hybridized carbons (Fsp3) is 0.467. The zero-order chi connectivity index (χ0) is 14.0. The van der Waals surface area contributed by atoms with E-state index in [-0.39, 0.29) is 17.9 Å². The fourth-order valence-corrected chi connectivity index (χ4v) is 2.28. The average Bonchev–Trinajstić information content (AvgIpc) is 2.81. The summed E-state index contributed by atoms with van der Waals surface area (Å²) in [6.07, 6.45) is 1.73. The van der Waals surface area contributed by atoms with Crippen LogP contribution in [0.15, 0.2) is 18.2 Å². The Labute approximate surface area is 113 Å². The summed E-state index contributed by atoms with van der Waals surface area (Å²) in [6, 6.07) is 5.73. The number of fused-ring (bicyclic) bond motifs is 1. The van der Waals surface area contributed by atoms with Crippen LogP contribution in [-0.2, 0) is 11.2 Å². The number of amides is 2. The molecule has 1 aliphatic heterocycles. The molecular weight excluding hydrogens is 240 g/mol. The van der Waals surface area contributed by atoms with E-state index in [2.05, 4.69) is 5.32 Å². The van der Waals surface area contributed by atoms with Crippen LogP contribution in [0.25, 0.3) is 0 Å². The van der Waals surface area contributed by atoms with Crippen molar-refractivity contribution in [3.63, 3.8) is 0 Å². The van der Waals surface area contributed by atoms with Crippen LogP contribution in [0.2, 0.25) is 0 Å². The third-order valence-electron chi connectivity index (χ3n) is 3.61. The zero-order valence-electron chi connectivity index (χ0n) is 11.7. The number of benzene rings is 1. The Morgan fingerprint density at radius 1 is 1.42 bits per heavy atom. The minimum absolute atomic E-state index is 0.0431. The minimum Gasteiger partial charge on any atom is -0.350 e. The first-order valence-corrected chi connectivity index (χ1v) is 6.74. The molecule has 0 aliphatic carbocycles. The van der Waals surface area contributed by atoms with Crippen LogP contribution >= 0.6 is 0 Å². The molecule has 102 valence electrons. The van der Waals surface area contributed by atoms with Crippen molar-refractivity contribution >= 4 is 17.5 Å². The lowest BCUT2D eigenvalue weighted by Gasteiger charge is -2.15. The van der Waals surface area contributed by atoms with Crippen molar-refractivity contribution in [3.8, 4) is 0 Å². The van der Waals surface area contributed by atoms with Gasteiger partial charge >= 0.3 is 0 Å². The summed E-state index contributed by atoms with van der Waals surface area (Å²) in [4.78, 5) is 25.3. The maximum Gasteiger partial charge on any atom is 0.251 e. The maximum atomic E-state index is 12.0. The van der Waals surface area contributed by atoms with Crippen LogP contribution < -0.4 is 10.2 Å². The topological polar surface area (TPSA) is 49.4 Å². The Morgan fingerprint density at radius 2 is 2.16 bits per heavy atom. The number of carbonyl (C=O) groups excluding carboxylic acids is 2. The fourth-order valence-electron chi connectivity index (χ4n) is 2.28. The highest BCUT2D eigenvalue weighted by molar-refractivity contribution is 5.97. The molecule has 0 saturated heterocycles. The lowest BCUT2D eigenvalue weighted by Crippen LogP contribution is -2.32. The molecule has 0 saturated carbocycles. The standard InChI is InChI=1S/C15H20N2O2/c1-4-10(2)16-15(19)13-5-6-14-12(9-13)7-8-17(14)11(3)18/h5-6,9-10H,4,7-8H2,1-3H3,(H,16,19)/t10-/m0/s1. The molecule has 1 N–H and O–H groups in total. The predicted molar refractivity (Wildman–Crippen MR) is 75.4 cm³/mol. The lowest BCUT2D eigenvalue weighted by molar-refractivity contribution is -0.116. The normalized spacial score (nSPS) is 15.0. The van der Waals surface area contributed by atoms with Crippen molar-refractivity contribution in [1.29, 1.82) is 0 Å². The molecule has 2 rings (SSSR count). The lowest BCUT2D eigenvalue weighted by atomic mass is 10.1. The van der Waals surface area contributed by atoms with E-state index in [9.17, 15) is 9.59 Å². The predicted octanol–water partition coefficient (Wildman–Crippen LogP) is 2.12. The Balaban J connectivity index is 2.19. The Bertz CT molecular complexity index is 511. The van der Waals surface area contributed by atoms with Crippen molar-refractivity contribution < 1.29 is 9.59 Å². The second-order valence-corrected chi connectivity index (χ2v) is 5.05. The van der Waals surface area contributed by atoms with Gasteiger partial charge in [0.2, 0.25) is 5.91 Å². The number of hydrogen-bond donors (Lipinski definition) is 1. The van der Waals surface area contributed by atoms with Gasteiger partial charge in [0, 0.05) is 30.8 Å². The minimum atomic E-state index is -0.0431. The number of nitrogens with one attached hydrogen (secondary N) is 1. The highest BCUT2D eigenvalue weighted by Gasteiger charge is 2.23. The summed E-state index contributed by atoms with van der Waals surface area (Å²) in [5, 5.41) is 2.95. The number of carbonyl (C=O) groups is 2. The van der Waals surface area contributed by atoms with Gasteiger partial charge in [-0.05, 0) is 43.5 Å². The summed E-state index contributed by atoms with van der Waals surface area (Å²) in [5.41, 5.74) is 2.68. The van der Waals surface area contributed by atoms with E-state index >= 15 is 0 Å². The molecule has 2 amide bonds. The van der Waals surface area contributed by atoms with E-state index in [1.807, 2.05) is 26.0 Å². The van der Waals surface area contributed by atoms with Crippen molar-refractivity contribution in [3.05, 3.63) is 29.3 Å². The van der Waals surface area contributed by atoms with Gasteiger partial charge in [0.05, 0.1) is 0 Å². The SMILES string of the molecule is CC[C@H](C)NC(=O)c1ccc2c(c1)CCN2C(C)=O. The molecule has 1 atom stereocenters. The molecule has 0 fully saturated rings. The first kappa shape index (κ1) is 13.6. The summed E-state index contributed by atoms with van der Waals surface area (Å²) in [5.74, 6) is 0.00832. The van der Waals surface area contributed by atoms with Crippen molar-refractivity contribution in [1.82, 2.24) is 5.32 Å². The van der Waals surface area contributed by atoms with E-state index in [1.54, 1.807) is 17.9 Å². The van der Waals surface area contributed by atoms with Gasteiger partial charge in [-0.3, -0.25) is 9.59 Å². The molecule has 1 aliphatic rings. The van der Waals surface area contributed by atoms with Crippen molar-refractivity contribution in [2.75, 3.05) is 11.4 Å². The molecule has 19 heavy (non-hydrogen) atoms. The van der Waals surface area contributed by atoms with Gasteiger partial charge in [-0.2, -0.15) is 0 Å². The van der Waals surface area contributed by atoms with E-state index in [1.165, 1.54) is 0 Å². The van der Waals surface area contributed by atoms with E-state index in [0.717, 1.165) is 24.1 Å².